The highest BCUT2D eigenvalue weighted by Gasteiger charge is 2.16. The number of aromatic nitrogens is 1. The van der Waals surface area contributed by atoms with Crippen LogP contribution in [0.1, 0.15) is 36.8 Å². The average molecular weight is 336 g/mol. The van der Waals surface area contributed by atoms with Crippen LogP contribution in [0.4, 0.5) is 0 Å². The van der Waals surface area contributed by atoms with Gasteiger partial charge in [0.15, 0.2) is 0 Å². The first-order valence-corrected chi connectivity index (χ1v) is 8.74. The maximum Gasteiger partial charge on any atom is 0.223 e. The molecule has 0 saturated carbocycles. The van der Waals surface area contributed by atoms with Crippen LogP contribution in [0.25, 0.3) is 0 Å². The number of furan rings is 1. The summed E-state index contributed by atoms with van der Waals surface area (Å²) < 4.78 is 7.63. The summed E-state index contributed by atoms with van der Waals surface area (Å²) >= 11 is 0. The van der Waals surface area contributed by atoms with Crippen LogP contribution >= 0.6 is 0 Å². The van der Waals surface area contributed by atoms with E-state index in [-0.39, 0.29) is 5.91 Å². The van der Waals surface area contributed by atoms with Crippen LogP contribution < -0.4 is 0 Å². The van der Waals surface area contributed by atoms with Crippen molar-refractivity contribution in [2.45, 2.75) is 39.4 Å². The molecule has 2 heterocycles. The van der Waals surface area contributed by atoms with Gasteiger partial charge >= 0.3 is 0 Å². The number of carbonyl (C=O) groups is 1. The summed E-state index contributed by atoms with van der Waals surface area (Å²) in [5, 5.41) is 0. The van der Waals surface area contributed by atoms with Crippen molar-refractivity contribution >= 4 is 5.91 Å². The Hall–Kier alpha value is -2.75. The molecule has 0 aliphatic carbocycles. The molecule has 130 valence electrons. The van der Waals surface area contributed by atoms with Crippen molar-refractivity contribution in [3.63, 3.8) is 0 Å². The van der Waals surface area contributed by atoms with Crippen LogP contribution in [-0.4, -0.2) is 15.4 Å². The maximum absolute atomic E-state index is 12.5. The minimum atomic E-state index is 0.159. The zero-order valence-corrected chi connectivity index (χ0v) is 14.6. The van der Waals surface area contributed by atoms with Gasteiger partial charge in [-0.15, -0.1) is 0 Å². The highest BCUT2D eigenvalue weighted by Crippen LogP contribution is 2.15. The molecule has 0 bridgehead atoms. The van der Waals surface area contributed by atoms with Crippen molar-refractivity contribution in [1.82, 2.24) is 9.47 Å². The lowest BCUT2D eigenvalue weighted by Crippen LogP contribution is -2.30. The van der Waals surface area contributed by atoms with E-state index in [2.05, 4.69) is 29.0 Å². The average Bonchev–Trinajstić information content (AvgIpc) is 3.28. The summed E-state index contributed by atoms with van der Waals surface area (Å²) in [6.45, 7) is 3.92. The molecule has 0 atom stereocenters. The van der Waals surface area contributed by atoms with Gasteiger partial charge < -0.3 is 13.9 Å². The lowest BCUT2D eigenvalue weighted by atomic mass is 10.2. The molecule has 0 radical (unpaired) electrons. The lowest BCUT2D eigenvalue weighted by molar-refractivity contribution is -0.132. The number of nitrogens with zero attached hydrogens (tertiary/aromatic N) is 2. The molecule has 0 aliphatic rings. The molecule has 4 heteroatoms. The standard InChI is InChI=1S/C21H24N2O2/c1-2-8-21(24)23(17-20-12-7-14-25-20)16-19-11-6-13-22(19)15-18-9-4-3-5-10-18/h3-7,9-14H,2,8,15-17H2,1H3. The van der Waals surface area contributed by atoms with Gasteiger partial charge in [-0.3, -0.25) is 4.79 Å². The predicted octanol–water partition coefficient (Wildman–Crippen LogP) is 4.46. The topological polar surface area (TPSA) is 38.4 Å². The van der Waals surface area contributed by atoms with Crippen molar-refractivity contribution < 1.29 is 9.21 Å². The number of rotatable bonds is 8. The number of hydrogen-bond donors (Lipinski definition) is 0. The minimum absolute atomic E-state index is 0.159. The first-order chi connectivity index (χ1) is 12.3. The van der Waals surface area contributed by atoms with Crippen molar-refractivity contribution in [3.05, 3.63) is 84.1 Å². The van der Waals surface area contributed by atoms with Crippen LogP contribution in [0.3, 0.4) is 0 Å². The van der Waals surface area contributed by atoms with Gasteiger partial charge in [0, 0.05) is 24.9 Å². The molecule has 4 nitrogen and oxygen atoms in total. The Balaban J connectivity index is 1.75. The Morgan fingerprint density at radius 1 is 1.04 bits per heavy atom. The second-order valence-electron chi connectivity index (χ2n) is 6.19. The molecule has 1 amide bonds. The molecular formula is C21H24N2O2. The monoisotopic (exact) mass is 336 g/mol. The van der Waals surface area contributed by atoms with Crippen LogP contribution in [0.2, 0.25) is 0 Å². The summed E-state index contributed by atoms with van der Waals surface area (Å²) in [7, 11) is 0. The number of hydrogen-bond acceptors (Lipinski definition) is 2. The van der Waals surface area contributed by atoms with E-state index in [1.165, 1.54) is 5.56 Å². The van der Waals surface area contributed by atoms with Crippen molar-refractivity contribution in [1.29, 1.82) is 0 Å². The van der Waals surface area contributed by atoms with Crippen molar-refractivity contribution in [2.75, 3.05) is 0 Å². The summed E-state index contributed by atoms with van der Waals surface area (Å²) in [6.07, 6.45) is 5.12. The van der Waals surface area contributed by atoms with E-state index in [1.54, 1.807) is 6.26 Å². The number of benzene rings is 1. The van der Waals surface area contributed by atoms with E-state index < -0.39 is 0 Å². The third-order valence-electron chi connectivity index (χ3n) is 4.22. The summed E-state index contributed by atoms with van der Waals surface area (Å²) in [4.78, 5) is 14.4. The summed E-state index contributed by atoms with van der Waals surface area (Å²) in [5.74, 6) is 0.969. The summed E-state index contributed by atoms with van der Waals surface area (Å²) in [5.41, 5.74) is 2.37. The molecular weight excluding hydrogens is 312 g/mol. The molecule has 0 N–H and O–H groups in total. The molecule has 3 aromatic rings. The molecule has 3 rings (SSSR count). The molecule has 0 aliphatic heterocycles. The Labute approximate surface area is 148 Å². The van der Waals surface area contributed by atoms with Gasteiger partial charge in [0.1, 0.15) is 5.76 Å². The minimum Gasteiger partial charge on any atom is -0.467 e. The third-order valence-corrected chi connectivity index (χ3v) is 4.22. The zero-order chi connectivity index (χ0) is 17.5. The van der Waals surface area contributed by atoms with E-state index in [1.807, 2.05) is 48.2 Å². The van der Waals surface area contributed by atoms with Crippen LogP contribution in [0, 0.1) is 0 Å². The van der Waals surface area contributed by atoms with E-state index >= 15 is 0 Å². The quantitative estimate of drug-likeness (QED) is 0.609. The normalized spacial score (nSPS) is 10.8. The van der Waals surface area contributed by atoms with Crippen LogP contribution in [0.5, 0.6) is 0 Å². The summed E-state index contributed by atoms with van der Waals surface area (Å²) in [6, 6.07) is 18.2. The van der Waals surface area contributed by atoms with E-state index in [4.69, 9.17) is 4.42 Å². The second kappa shape index (κ2) is 8.38. The highest BCUT2D eigenvalue weighted by molar-refractivity contribution is 5.76. The van der Waals surface area contributed by atoms with E-state index in [9.17, 15) is 4.79 Å². The van der Waals surface area contributed by atoms with Gasteiger partial charge in [-0.05, 0) is 36.2 Å². The predicted molar refractivity (Wildman–Crippen MR) is 97.8 cm³/mol. The van der Waals surface area contributed by atoms with Crippen LogP contribution in [0.15, 0.2) is 71.5 Å². The Bertz CT molecular complexity index is 775. The van der Waals surface area contributed by atoms with Gasteiger partial charge in [0.25, 0.3) is 0 Å². The largest absolute Gasteiger partial charge is 0.467 e. The Kier molecular flexibility index (Phi) is 5.73. The smallest absolute Gasteiger partial charge is 0.223 e. The third kappa shape index (κ3) is 4.63. The maximum atomic E-state index is 12.5. The molecule has 25 heavy (non-hydrogen) atoms. The highest BCUT2D eigenvalue weighted by atomic mass is 16.3. The number of carbonyl (C=O) groups excluding carboxylic acids is 1. The Morgan fingerprint density at radius 2 is 1.88 bits per heavy atom. The van der Waals surface area contributed by atoms with Crippen molar-refractivity contribution in [3.8, 4) is 0 Å². The molecule has 0 saturated heterocycles. The van der Waals surface area contributed by atoms with Gasteiger partial charge in [-0.2, -0.15) is 0 Å². The Morgan fingerprint density at radius 3 is 2.60 bits per heavy atom. The molecule has 0 fully saturated rings. The molecule has 0 spiro atoms. The van der Waals surface area contributed by atoms with Gasteiger partial charge in [0.05, 0.1) is 19.4 Å². The fraction of sp³-hybridized carbons (Fsp3) is 0.286. The first kappa shape index (κ1) is 17.1. The van der Waals surface area contributed by atoms with Crippen molar-refractivity contribution in [2.24, 2.45) is 0 Å². The zero-order valence-electron chi connectivity index (χ0n) is 14.6. The fourth-order valence-electron chi connectivity index (χ4n) is 2.92. The molecule has 2 aromatic heterocycles. The number of amides is 1. The molecule has 1 aromatic carbocycles. The molecule has 0 unspecified atom stereocenters. The lowest BCUT2D eigenvalue weighted by Gasteiger charge is -2.22. The van der Waals surface area contributed by atoms with E-state index in [0.717, 1.165) is 24.4 Å². The van der Waals surface area contributed by atoms with Gasteiger partial charge in [-0.25, -0.2) is 0 Å². The van der Waals surface area contributed by atoms with Gasteiger partial charge in [0.2, 0.25) is 5.91 Å². The fourth-order valence-corrected chi connectivity index (χ4v) is 2.92. The SMILES string of the molecule is CCCC(=O)N(Cc1ccco1)Cc1cccn1Cc1ccccc1. The first-order valence-electron chi connectivity index (χ1n) is 8.74. The van der Waals surface area contributed by atoms with Crippen LogP contribution in [-0.2, 0) is 24.4 Å². The van der Waals surface area contributed by atoms with E-state index in [0.29, 0.717) is 19.5 Å². The van der Waals surface area contributed by atoms with Gasteiger partial charge in [-0.1, -0.05) is 37.3 Å². The second-order valence-corrected chi connectivity index (χ2v) is 6.19.